The molecule has 27 heavy (non-hydrogen) atoms. The largest absolute Gasteiger partial charge is 0.324 e. The molecule has 11 heteroatoms. The van der Waals surface area contributed by atoms with Crippen LogP contribution in [0.1, 0.15) is 6.92 Å². The van der Waals surface area contributed by atoms with Crippen LogP contribution in [0.4, 0.5) is 11.4 Å². The van der Waals surface area contributed by atoms with E-state index >= 15 is 0 Å². The first-order valence-electron chi connectivity index (χ1n) is 7.71. The highest BCUT2D eigenvalue weighted by Gasteiger charge is 2.21. The van der Waals surface area contributed by atoms with E-state index in [0.717, 1.165) is 10.7 Å². The molecule has 1 aromatic carbocycles. The van der Waals surface area contributed by atoms with Crippen LogP contribution in [0.5, 0.6) is 0 Å². The number of thioether (sulfide) groups is 1. The van der Waals surface area contributed by atoms with Crippen molar-refractivity contribution in [3.8, 4) is 10.7 Å². The highest BCUT2D eigenvalue weighted by atomic mass is 35.5. The van der Waals surface area contributed by atoms with Crippen molar-refractivity contribution in [2.75, 3.05) is 5.32 Å². The standard InChI is InChI=1S/C16H14ClN5O3S2/c1-9(15(23)18-12-6-5-10(22(24)25)8-11(12)17)27-16-20-19-14(21(16)2)13-4-3-7-26-13/h3-9H,1-2H3,(H,18,23). The molecule has 0 saturated heterocycles. The molecule has 0 aliphatic rings. The van der Waals surface area contributed by atoms with Crippen molar-refractivity contribution in [2.45, 2.75) is 17.3 Å². The van der Waals surface area contributed by atoms with Crippen LogP contribution < -0.4 is 5.32 Å². The number of rotatable bonds is 6. The Morgan fingerprint density at radius 1 is 1.41 bits per heavy atom. The molecule has 140 valence electrons. The highest BCUT2D eigenvalue weighted by molar-refractivity contribution is 8.00. The molecule has 0 saturated carbocycles. The number of aromatic nitrogens is 3. The van der Waals surface area contributed by atoms with Crippen LogP contribution in [-0.2, 0) is 11.8 Å². The first kappa shape index (κ1) is 19.3. The molecule has 0 aliphatic heterocycles. The summed E-state index contributed by atoms with van der Waals surface area (Å²) in [4.78, 5) is 23.7. The zero-order valence-electron chi connectivity index (χ0n) is 14.2. The number of hydrogen-bond acceptors (Lipinski definition) is 7. The molecule has 3 aromatic rings. The number of amides is 1. The third-order valence-electron chi connectivity index (χ3n) is 3.65. The van der Waals surface area contributed by atoms with Gasteiger partial charge in [0.25, 0.3) is 5.69 Å². The molecular weight excluding hydrogens is 410 g/mol. The molecule has 1 unspecified atom stereocenters. The average molecular weight is 424 g/mol. The smallest absolute Gasteiger partial charge is 0.271 e. The van der Waals surface area contributed by atoms with Gasteiger partial charge in [-0.2, -0.15) is 0 Å². The minimum absolute atomic E-state index is 0.105. The van der Waals surface area contributed by atoms with Gasteiger partial charge in [-0.05, 0) is 24.4 Å². The van der Waals surface area contributed by atoms with Crippen LogP contribution >= 0.6 is 34.7 Å². The lowest BCUT2D eigenvalue weighted by molar-refractivity contribution is -0.384. The highest BCUT2D eigenvalue weighted by Crippen LogP contribution is 2.30. The molecule has 8 nitrogen and oxygen atoms in total. The number of halogens is 1. The van der Waals surface area contributed by atoms with E-state index < -0.39 is 10.2 Å². The molecule has 2 heterocycles. The third-order valence-corrected chi connectivity index (χ3v) is 5.96. The minimum Gasteiger partial charge on any atom is -0.324 e. The number of anilines is 1. The summed E-state index contributed by atoms with van der Waals surface area (Å²) in [6.45, 7) is 1.73. The van der Waals surface area contributed by atoms with Crippen molar-refractivity contribution in [1.29, 1.82) is 0 Å². The number of non-ortho nitro benzene ring substituents is 1. The van der Waals surface area contributed by atoms with E-state index in [0.29, 0.717) is 10.8 Å². The molecule has 0 fully saturated rings. The van der Waals surface area contributed by atoms with Crippen LogP contribution in [0, 0.1) is 10.1 Å². The summed E-state index contributed by atoms with van der Waals surface area (Å²) in [7, 11) is 1.84. The van der Waals surface area contributed by atoms with Gasteiger partial charge in [-0.25, -0.2) is 0 Å². The van der Waals surface area contributed by atoms with Gasteiger partial charge in [0.05, 0.1) is 25.8 Å². The predicted molar refractivity (Wildman–Crippen MR) is 106 cm³/mol. The number of nitro groups is 1. The maximum atomic E-state index is 12.5. The molecular formula is C16H14ClN5O3S2. The van der Waals surface area contributed by atoms with Crippen LogP contribution in [0.15, 0.2) is 40.9 Å². The van der Waals surface area contributed by atoms with Crippen molar-refractivity contribution in [3.63, 3.8) is 0 Å². The van der Waals surface area contributed by atoms with Crippen LogP contribution in [0.2, 0.25) is 5.02 Å². The van der Waals surface area contributed by atoms with Gasteiger partial charge >= 0.3 is 0 Å². The van der Waals surface area contributed by atoms with Crippen molar-refractivity contribution in [2.24, 2.45) is 7.05 Å². The van der Waals surface area contributed by atoms with Gasteiger partial charge in [0.2, 0.25) is 5.91 Å². The zero-order valence-corrected chi connectivity index (χ0v) is 16.6. The lowest BCUT2D eigenvalue weighted by Gasteiger charge is -2.12. The fourth-order valence-corrected chi connectivity index (χ4v) is 3.98. The summed E-state index contributed by atoms with van der Waals surface area (Å²) in [5.41, 5.74) is 0.178. The van der Waals surface area contributed by atoms with Crippen LogP contribution in [0.3, 0.4) is 0 Å². The van der Waals surface area contributed by atoms with Crippen molar-refractivity contribution >= 4 is 52.0 Å². The van der Waals surface area contributed by atoms with Gasteiger partial charge in [0, 0.05) is 19.2 Å². The number of carbonyl (C=O) groups is 1. The maximum Gasteiger partial charge on any atom is 0.271 e. The van der Waals surface area contributed by atoms with E-state index in [1.165, 1.54) is 30.0 Å². The topological polar surface area (TPSA) is 103 Å². The number of nitro benzene ring substituents is 1. The van der Waals surface area contributed by atoms with Gasteiger partial charge in [0.1, 0.15) is 0 Å². The normalized spacial score (nSPS) is 12.0. The number of hydrogen-bond donors (Lipinski definition) is 1. The van der Waals surface area contributed by atoms with Gasteiger partial charge in [-0.3, -0.25) is 14.9 Å². The molecule has 1 N–H and O–H groups in total. The summed E-state index contributed by atoms with van der Waals surface area (Å²) in [5.74, 6) is 0.440. The Bertz CT molecular complexity index is 990. The van der Waals surface area contributed by atoms with Gasteiger partial charge in [0.15, 0.2) is 11.0 Å². The fraction of sp³-hybridized carbons (Fsp3) is 0.188. The Labute approximate surface area is 167 Å². The monoisotopic (exact) mass is 423 g/mol. The Morgan fingerprint density at radius 3 is 2.81 bits per heavy atom. The first-order chi connectivity index (χ1) is 12.9. The van der Waals surface area contributed by atoms with E-state index in [-0.39, 0.29) is 16.6 Å². The lowest BCUT2D eigenvalue weighted by Crippen LogP contribution is -2.23. The first-order valence-corrected chi connectivity index (χ1v) is 9.85. The summed E-state index contributed by atoms with van der Waals surface area (Å²) < 4.78 is 1.83. The molecule has 0 aliphatic carbocycles. The second-order valence-electron chi connectivity index (χ2n) is 5.51. The number of carbonyl (C=O) groups excluding carboxylic acids is 1. The second kappa shape index (κ2) is 8.07. The minimum atomic E-state index is -0.546. The number of nitrogens with one attached hydrogen (secondary N) is 1. The van der Waals surface area contributed by atoms with Gasteiger partial charge in [-0.15, -0.1) is 21.5 Å². The second-order valence-corrected chi connectivity index (χ2v) is 8.18. The molecule has 0 radical (unpaired) electrons. The van der Waals surface area contributed by atoms with E-state index in [2.05, 4.69) is 15.5 Å². The van der Waals surface area contributed by atoms with E-state index in [1.54, 1.807) is 18.3 Å². The maximum absolute atomic E-state index is 12.5. The number of nitrogens with zero attached hydrogens (tertiary/aromatic N) is 4. The van der Waals surface area contributed by atoms with Crippen molar-refractivity contribution in [1.82, 2.24) is 14.8 Å². The molecule has 0 spiro atoms. The lowest BCUT2D eigenvalue weighted by atomic mass is 10.2. The van der Waals surface area contributed by atoms with Crippen LogP contribution in [0.25, 0.3) is 10.7 Å². The van der Waals surface area contributed by atoms with E-state index in [1.807, 2.05) is 29.1 Å². The Morgan fingerprint density at radius 2 is 2.19 bits per heavy atom. The Hall–Kier alpha value is -2.43. The van der Waals surface area contributed by atoms with Crippen molar-refractivity contribution < 1.29 is 9.72 Å². The third kappa shape index (κ3) is 4.29. The fourth-order valence-electron chi connectivity index (χ4n) is 2.20. The van der Waals surface area contributed by atoms with E-state index in [4.69, 9.17) is 11.6 Å². The summed E-state index contributed by atoms with van der Waals surface area (Å²) in [5, 5.41) is 24.0. The molecule has 2 aromatic heterocycles. The average Bonchev–Trinajstić information content (AvgIpc) is 3.27. The number of thiophene rings is 1. The van der Waals surface area contributed by atoms with E-state index in [9.17, 15) is 14.9 Å². The summed E-state index contributed by atoms with van der Waals surface area (Å²) in [6, 6.07) is 7.79. The summed E-state index contributed by atoms with van der Waals surface area (Å²) in [6.07, 6.45) is 0. The Balaban J connectivity index is 1.69. The molecule has 3 rings (SSSR count). The van der Waals surface area contributed by atoms with Crippen LogP contribution in [-0.4, -0.2) is 30.8 Å². The quantitative estimate of drug-likeness (QED) is 0.361. The predicted octanol–water partition coefficient (Wildman–Crippen LogP) is 4.22. The summed E-state index contributed by atoms with van der Waals surface area (Å²) >= 11 is 8.84. The Kier molecular flexibility index (Phi) is 5.78. The number of benzene rings is 1. The SMILES string of the molecule is CC(Sc1nnc(-c2cccs2)n1C)C(=O)Nc1ccc([N+](=O)[O-])cc1Cl. The molecule has 1 atom stereocenters. The molecule has 0 bridgehead atoms. The van der Waals surface area contributed by atoms with Gasteiger partial charge < -0.3 is 9.88 Å². The molecule has 1 amide bonds. The van der Waals surface area contributed by atoms with Gasteiger partial charge in [-0.1, -0.05) is 29.4 Å². The zero-order chi connectivity index (χ0) is 19.6. The van der Waals surface area contributed by atoms with Crippen molar-refractivity contribution in [3.05, 3.63) is 50.8 Å².